The maximum absolute atomic E-state index is 13.5. The summed E-state index contributed by atoms with van der Waals surface area (Å²) in [5, 5.41) is 3.25. The average Bonchev–Trinajstić information content (AvgIpc) is 3.44. The molecule has 2 heterocycles. The number of imidazole rings is 1. The van der Waals surface area contributed by atoms with Gasteiger partial charge in [-0.3, -0.25) is 23.9 Å². The molecule has 1 fully saturated rings. The molecule has 2 amide bonds. The maximum atomic E-state index is 13.5. The van der Waals surface area contributed by atoms with Gasteiger partial charge in [-0.15, -0.1) is 0 Å². The molecule has 0 atom stereocenters. The number of thiocarbonyl (C=S) groups is 1. The highest BCUT2D eigenvalue weighted by atomic mass is 32.2. The third kappa shape index (κ3) is 6.33. The second-order valence-electron chi connectivity index (χ2n) is 8.95. The van der Waals surface area contributed by atoms with Crippen LogP contribution in [0.2, 0.25) is 0 Å². The molecule has 202 valence electrons. The van der Waals surface area contributed by atoms with Gasteiger partial charge in [-0.1, -0.05) is 77.7 Å². The molecule has 7 nitrogen and oxygen atoms in total. The van der Waals surface area contributed by atoms with Gasteiger partial charge in [0.25, 0.3) is 5.91 Å². The predicted molar refractivity (Wildman–Crippen MR) is 162 cm³/mol. The van der Waals surface area contributed by atoms with Gasteiger partial charge in [0.2, 0.25) is 11.8 Å². The van der Waals surface area contributed by atoms with Crippen LogP contribution in [0.5, 0.6) is 0 Å². The van der Waals surface area contributed by atoms with E-state index in [0.717, 1.165) is 17.3 Å². The molecule has 40 heavy (non-hydrogen) atoms. The molecule has 1 aromatic heterocycles. The van der Waals surface area contributed by atoms with Gasteiger partial charge in [0, 0.05) is 18.7 Å². The number of amides is 2. The third-order valence-electron chi connectivity index (χ3n) is 6.04. The second-order valence-corrected chi connectivity index (χ2v) is 11.6. The summed E-state index contributed by atoms with van der Waals surface area (Å²) in [6.07, 6.45) is 1.65. The number of carbonyl (C=O) groups excluding carboxylic acids is 3. The lowest BCUT2D eigenvalue weighted by atomic mass is 10.2. The van der Waals surface area contributed by atoms with Crippen molar-refractivity contribution in [2.24, 2.45) is 0 Å². The van der Waals surface area contributed by atoms with Crippen LogP contribution in [0, 0.1) is 12.7 Å². The first-order valence-electron chi connectivity index (χ1n) is 12.3. The number of aryl methyl sites for hydroxylation is 1. The molecule has 0 spiro atoms. The summed E-state index contributed by atoms with van der Waals surface area (Å²) < 4.78 is 15.1. The highest BCUT2D eigenvalue weighted by Crippen LogP contribution is 2.33. The fraction of sp³-hybridized carbons (Fsp3) is 0.138. The smallest absolute Gasteiger partial charge is 0.266 e. The molecule has 0 aliphatic carbocycles. The zero-order chi connectivity index (χ0) is 28.2. The van der Waals surface area contributed by atoms with Crippen molar-refractivity contribution in [2.45, 2.75) is 18.5 Å². The lowest BCUT2D eigenvalue weighted by Gasteiger charge is -2.15. The van der Waals surface area contributed by atoms with Gasteiger partial charge in [0.1, 0.15) is 10.1 Å². The lowest BCUT2D eigenvalue weighted by molar-refractivity contribution is -0.122. The Labute approximate surface area is 243 Å². The van der Waals surface area contributed by atoms with Crippen molar-refractivity contribution in [1.29, 1.82) is 0 Å². The van der Waals surface area contributed by atoms with Crippen LogP contribution < -0.4 is 5.32 Å². The number of hydrogen-bond acceptors (Lipinski definition) is 7. The van der Waals surface area contributed by atoms with E-state index >= 15 is 0 Å². The number of hydrogen-bond donors (Lipinski definition) is 1. The van der Waals surface area contributed by atoms with Crippen molar-refractivity contribution >= 4 is 80.6 Å². The highest BCUT2D eigenvalue weighted by molar-refractivity contribution is 8.26. The normalized spacial score (nSPS) is 14.3. The van der Waals surface area contributed by atoms with Gasteiger partial charge in [-0.2, -0.15) is 0 Å². The number of rotatable bonds is 8. The third-order valence-corrected chi connectivity index (χ3v) is 8.35. The van der Waals surface area contributed by atoms with E-state index in [9.17, 15) is 18.8 Å². The summed E-state index contributed by atoms with van der Waals surface area (Å²) in [6, 6.07) is 20.5. The van der Waals surface area contributed by atoms with Gasteiger partial charge in [0.05, 0.1) is 21.7 Å². The molecule has 0 unspecified atom stereocenters. The highest BCUT2D eigenvalue weighted by Gasteiger charge is 2.32. The Kier molecular flexibility index (Phi) is 8.43. The monoisotopic (exact) mass is 590 g/mol. The van der Waals surface area contributed by atoms with Crippen LogP contribution in [0.15, 0.2) is 82.9 Å². The number of para-hydroxylation sites is 2. The van der Waals surface area contributed by atoms with E-state index in [1.807, 2.05) is 43.3 Å². The average molecular weight is 591 g/mol. The number of aromatic nitrogens is 2. The number of anilines is 1. The summed E-state index contributed by atoms with van der Waals surface area (Å²) in [4.78, 5) is 45.4. The van der Waals surface area contributed by atoms with Crippen LogP contribution in [0.3, 0.4) is 0 Å². The minimum absolute atomic E-state index is 0.000253. The molecule has 1 aliphatic heterocycles. The number of halogens is 1. The zero-order valence-corrected chi connectivity index (χ0v) is 23.7. The molecule has 0 bridgehead atoms. The molecule has 0 radical (unpaired) electrons. The Hall–Kier alpha value is -3.80. The number of thioether (sulfide) groups is 2. The Bertz CT molecular complexity index is 1650. The summed E-state index contributed by atoms with van der Waals surface area (Å²) >= 11 is 7.72. The standard InChI is InChI=1S/C29H23FN4O3S3/c1-18-6-12-21(13-7-18)31-25(35)17-39-28-32-22-4-2-3-5-23(22)34(28)26(36)14-15-33-27(37)24(40-29(33)38)16-19-8-10-20(30)11-9-19/h2-13,16H,14-15,17H2,1H3,(H,31,35). The topological polar surface area (TPSA) is 84.3 Å². The fourth-order valence-corrected chi connectivity index (χ4v) is 6.16. The molecule has 3 aromatic carbocycles. The molecule has 1 N–H and O–H groups in total. The van der Waals surface area contributed by atoms with E-state index in [1.165, 1.54) is 33.4 Å². The molecule has 0 saturated carbocycles. The van der Waals surface area contributed by atoms with Crippen molar-refractivity contribution in [1.82, 2.24) is 14.5 Å². The van der Waals surface area contributed by atoms with Crippen LogP contribution in [0.4, 0.5) is 10.1 Å². The van der Waals surface area contributed by atoms with E-state index in [0.29, 0.717) is 36.7 Å². The summed E-state index contributed by atoms with van der Waals surface area (Å²) in [5.41, 5.74) is 3.71. The number of benzene rings is 3. The van der Waals surface area contributed by atoms with Crippen molar-refractivity contribution in [3.8, 4) is 0 Å². The van der Waals surface area contributed by atoms with E-state index in [2.05, 4.69) is 10.3 Å². The summed E-state index contributed by atoms with van der Waals surface area (Å²) in [6.45, 7) is 2.06. The first-order chi connectivity index (χ1) is 19.3. The van der Waals surface area contributed by atoms with Gasteiger partial charge >= 0.3 is 0 Å². The number of fused-ring (bicyclic) bond motifs is 1. The fourth-order valence-electron chi connectivity index (χ4n) is 4.03. The van der Waals surface area contributed by atoms with E-state index in [-0.39, 0.29) is 42.3 Å². The quantitative estimate of drug-likeness (QED) is 0.150. The van der Waals surface area contributed by atoms with Crippen LogP contribution in [0.1, 0.15) is 22.3 Å². The van der Waals surface area contributed by atoms with E-state index in [4.69, 9.17) is 12.2 Å². The van der Waals surface area contributed by atoms with Crippen molar-refractivity contribution in [3.05, 3.63) is 94.6 Å². The zero-order valence-electron chi connectivity index (χ0n) is 21.3. The Morgan fingerprint density at radius 2 is 1.80 bits per heavy atom. The van der Waals surface area contributed by atoms with Gasteiger partial charge < -0.3 is 5.32 Å². The first-order valence-corrected chi connectivity index (χ1v) is 14.5. The predicted octanol–water partition coefficient (Wildman–Crippen LogP) is 6.15. The van der Waals surface area contributed by atoms with E-state index < -0.39 is 0 Å². The van der Waals surface area contributed by atoms with Gasteiger partial charge in [0.15, 0.2) is 5.16 Å². The first kappa shape index (κ1) is 27.8. The van der Waals surface area contributed by atoms with Crippen LogP contribution >= 0.6 is 35.7 Å². The van der Waals surface area contributed by atoms with Crippen LogP contribution in [-0.4, -0.2) is 48.8 Å². The van der Waals surface area contributed by atoms with E-state index in [1.54, 1.807) is 30.3 Å². The number of carbonyl (C=O) groups is 3. The molecule has 4 aromatic rings. The van der Waals surface area contributed by atoms with Crippen molar-refractivity contribution < 1.29 is 18.8 Å². The minimum atomic E-state index is -0.361. The molecule has 5 rings (SSSR count). The largest absolute Gasteiger partial charge is 0.325 e. The lowest BCUT2D eigenvalue weighted by Crippen LogP contribution is -2.31. The number of nitrogens with one attached hydrogen (secondary N) is 1. The maximum Gasteiger partial charge on any atom is 0.266 e. The van der Waals surface area contributed by atoms with Gasteiger partial charge in [-0.25, -0.2) is 9.37 Å². The SMILES string of the molecule is Cc1ccc(NC(=O)CSc2nc3ccccc3n2C(=O)CCN2C(=O)C(=Cc3ccc(F)cc3)SC2=S)cc1. The minimum Gasteiger partial charge on any atom is -0.325 e. The Balaban J connectivity index is 1.27. The molecule has 1 saturated heterocycles. The van der Waals surface area contributed by atoms with Crippen LogP contribution in [-0.2, 0) is 9.59 Å². The summed E-state index contributed by atoms with van der Waals surface area (Å²) in [7, 11) is 0. The Morgan fingerprint density at radius 1 is 1.07 bits per heavy atom. The number of nitrogens with zero attached hydrogens (tertiary/aromatic N) is 3. The summed E-state index contributed by atoms with van der Waals surface area (Å²) in [5.74, 6) is -1.09. The molecule has 1 aliphatic rings. The van der Waals surface area contributed by atoms with Crippen molar-refractivity contribution in [3.63, 3.8) is 0 Å². The second kappa shape index (κ2) is 12.2. The Morgan fingerprint density at radius 3 is 2.55 bits per heavy atom. The molecular formula is C29H23FN4O3S3. The molecular weight excluding hydrogens is 568 g/mol. The van der Waals surface area contributed by atoms with Crippen LogP contribution in [0.25, 0.3) is 17.1 Å². The van der Waals surface area contributed by atoms with Crippen molar-refractivity contribution in [2.75, 3.05) is 17.6 Å². The van der Waals surface area contributed by atoms with Gasteiger partial charge in [-0.05, 0) is 55.0 Å². The molecule has 11 heteroatoms.